The molecule has 0 aromatic carbocycles. The summed E-state index contributed by atoms with van der Waals surface area (Å²) >= 11 is 0. The fourth-order valence-electron chi connectivity index (χ4n) is 1.15. The summed E-state index contributed by atoms with van der Waals surface area (Å²) in [6.07, 6.45) is 0.810. The minimum Gasteiger partial charge on any atom is -0.390 e. The zero-order valence-electron chi connectivity index (χ0n) is 5.04. The third-order valence-electron chi connectivity index (χ3n) is 1.90. The molecule has 2 N–H and O–H groups in total. The molecule has 2 nitrogen and oxygen atoms in total. The molecule has 0 amide bonds. The molecule has 1 fully saturated rings. The summed E-state index contributed by atoms with van der Waals surface area (Å²) in [5, 5.41) is 17.9. The van der Waals surface area contributed by atoms with Crippen LogP contribution >= 0.6 is 0 Å². The summed E-state index contributed by atoms with van der Waals surface area (Å²) in [4.78, 5) is 0. The van der Waals surface area contributed by atoms with Crippen molar-refractivity contribution >= 4 is 0 Å². The number of rotatable bonds is 0. The Morgan fingerprint density at radius 1 is 1.25 bits per heavy atom. The summed E-state index contributed by atoms with van der Waals surface area (Å²) in [5.74, 6) is 0.296. The highest BCUT2D eigenvalue weighted by Crippen LogP contribution is 2.24. The fraction of sp³-hybridized carbons (Fsp3) is 1.00. The Bertz CT molecular complexity index is 72.6. The lowest BCUT2D eigenvalue weighted by atomic mass is 10.1. The van der Waals surface area contributed by atoms with Crippen LogP contribution in [0.4, 0.5) is 0 Å². The van der Waals surface area contributed by atoms with Crippen molar-refractivity contribution in [2.24, 2.45) is 5.92 Å². The van der Waals surface area contributed by atoms with Crippen LogP contribution in [0.5, 0.6) is 0 Å². The molecule has 2 unspecified atom stereocenters. The largest absolute Gasteiger partial charge is 0.390 e. The molecule has 0 aliphatic heterocycles. The fourth-order valence-corrected chi connectivity index (χ4v) is 1.15. The Labute approximate surface area is 49.1 Å². The molecule has 0 bridgehead atoms. The molecule has 1 aliphatic rings. The third-order valence-corrected chi connectivity index (χ3v) is 1.90. The molecule has 8 heavy (non-hydrogen) atoms. The van der Waals surface area contributed by atoms with Crippen molar-refractivity contribution in [3.63, 3.8) is 0 Å². The van der Waals surface area contributed by atoms with Crippen LogP contribution in [-0.2, 0) is 0 Å². The molecule has 0 saturated heterocycles. The van der Waals surface area contributed by atoms with E-state index in [1.54, 1.807) is 0 Å². The van der Waals surface area contributed by atoms with E-state index >= 15 is 0 Å². The number of aliphatic hydroxyl groups is 2. The Balaban J connectivity index is 2.44. The van der Waals surface area contributed by atoms with E-state index < -0.39 is 12.2 Å². The number of hydrogen-bond donors (Lipinski definition) is 2. The van der Waals surface area contributed by atoms with Gasteiger partial charge >= 0.3 is 0 Å². The monoisotopic (exact) mass is 116 g/mol. The zero-order chi connectivity index (χ0) is 6.15. The van der Waals surface area contributed by atoms with Crippen molar-refractivity contribution in [3.05, 3.63) is 0 Å². The first kappa shape index (κ1) is 6.05. The second-order valence-corrected chi connectivity index (χ2v) is 2.61. The van der Waals surface area contributed by atoms with E-state index in [-0.39, 0.29) is 0 Å². The molecule has 0 spiro atoms. The molecular weight excluding hydrogens is 104 g/mol. The lowest BCUT2D eigenvalue weighted by Crippen LogP contribution is -2.22. The van der Waals surface area contributed by atoms with Gasteiger partial charge in [-0.05, 0) is 18.8 Å². The van der Waals surface area contributed by atoms with Gasteiger partial charge in [-0.2, -0.15) is 0 Å². The van der Waals surface area contributed by atoms with Gasteiger partial charge in [0.25, 0.3) is 0 Å². The maximum Gasteiger partial charge on any atom is 0.0824 e. The summed E-state index contributed by atoms with van der Waals surface area (Å²) in [5.41, 5.74) is 0. The van der Waals surface area contributed by atoms with Crippen molar-refractivity contribution in [2.75, 3.05) is 0 Å². The quantitative estimate of drug-likeness (QED) is 0.472. The van der Waals surface area contributed by atoms with E-state index in [4.69, 9.17) is 10.2 Å². The first-order chi connectivity index (χ1) is 3.72. The minimum atomic E-state index is -0.463. The van der Waals surface area contributed by atoms with Gasteiger partial charge in [0.1, 0.15) is 0 Å². The highest BCUT2D eigenvalue weighted by molar-refractivity contribution is 4.80. The van der Waals surface area contributed by atoms with Gasteiger partial charge < -0.3 is 10.2 Å². The number of hydrogen-bond acceptors (Lipinski definition) is 2. The van der Waals surface area contributed by atoms with Crippen LogP contribution in [0, 0.1) is 5.92 Å². The van der Waals surface area contributed by atoms with E-state index in [9.17, 15) is 0 Å². The maximum absolute atomic E-state index is 9.02. The Morgan fingerprint density at radius 2 is 1.88 bits per heavy atom. The topological polar surface area (TPSA) is 40.5 Å². The van der Waals surface area contributed by atoms with Gasteiger partial charge in [-0.25, -0.2) is 0 Å². The molecule has 1 saturated carbocycles. The summed E-state index contributed by atoms with van der Waals surface area (Å²) in [6.45, 7) is 1.96. The molecule has 1 aliphatic carbocycles. The molecule has 0 aromatic heterocycles. The Kier molecular flexibility index (Phi) is 1.54. The maximum atomic E-state index is 9.02. The van der Waals surface area contributed by atoms with Crippen molar-refractivity contribution in [2.45, 2.75) is 32.0 Å². The third kappa shape index (κ3) is 0.858. The predicted molar refractivity (Wildman–Crippen MR) is 30.4 cm³/mol. The van der Waals surface area contributed by atoms with Gasteiger partial charge in [0, 0.05) is 0 Å². The molecule has 1 rings (SSSR count). The van der Waals surface area contributed by atoms with Crippen LogP contribution in [0.25, 0.3) is 0 Å². The van der Waals surface area contributed by atoms with Gasteiger partial charge in [-0.3, -0.25) is 0 Å². The lowest BCUT2D eigenvalue weighted by Gasteiger charge is -2.09. The van der Waals surface area contributed by atoms with E-state index in [1.807, 2.05) is 6.92 Å². The molecule has 0 radical (unpaired) electrons. The molecule has 0 aromatic rings. The SMILES string of the molecule is CC1CCC(O)[C@H]1O. The van der Waals surface area contributed by atoms with Gasteiger partial charge in [-0.1, -0.05) is 6.92 Å². The average molecular weight is 116 g/mol. The van der Waals surface area contributed by atoms with Crippen molar-refractivity contribution in [3.8, 4) is 0 Å². The number of aliphatic hydroxyl groups excluding tert-OH is 2. The van der Waals surface area contributed by atoms with Crippen LogP contribution in [0.1, 0.15) is 19.8 Å². The molecular formula is C6H12O2. The molecule has 0 heterocycles. The molecule has 2 heteroatoms. The van der Waals surface area contributed by atoms with E-state index in [2.05, 4.69) is 0 Å². The lowest BCUT2D eigenvalue weighted by molar-refractivity contribution is 0.0245. The van der Waals surface area contributed by atoms with Crippen LogP contribution in [-0.4, -0.2) is 22.4 Å². The highest BCUT2D eigenvalue weighted by Gasteiger charge is 2.29. The normalized spacial score (nSPS) is 47.6. The van der Waals surface area contributed by atoms with Gasteiger partial charge in [0.15, 0.2) is 0 Å². The highest BCUT2D eigenvalue weighted by atomic mass is 16.3. The van der Waals surface area contributed by atoms with E-state index in [0.717, 1.165) is 12.8 Å². The van der Waals surface area contributed by atoms with Crippen LogP contribution < -0.4 is 0 Å². The Morgan fingerprint density at radius 3 is 2.00 bits per heavy atom. The smallest absolute Gasteiger partial charge is 0.0824 e. The first-order valence-electron chi connectivity index (χ1n) is 3.08. The second-order valence-electron chi connectivity index (χ2n) is 2.61. The van der Waals surface area contributed by atoms with Crippen LogP contribution in [0.3, 0.4) is 0 Å². The first-order valence-corrected chi connectivity index (χ1v) is 3.08. The minimum absolute atomic E-state index is 0.296. The molecule has 3 atom stereocenters. The molecule has 48 valence electrons. The van der Waals surface area contributed by atoms with Gasteiger partial charge in [-0.15, -0.1) is 0 Å². The Hall–Kier alpha value is -0.0800. The summed E-state index contributed by atoms with van der Waals surface area (Å²) in [6, 6.07) is 0. The summed E-state index contributed by atoms with van der Waals surface area (Å²) in [7, 11) is 0. The van der Waals surface area contributed by atoms with Crippen molar-refractivity contribution in [1.29, 1.82) is 0 Å². The predicted octanol–water partition coefficient (Wildman–Crippen LogP) is 0.138. The average Bonchev–Trinajstić information content (AvgIpc) is 1.98. The van der Waals surface area contributed by atoms with Gasteiger partial charge in [0.05, 0.1) is 12.2 Å². The van der Waals surface area contributed by atoms with Crippen LogP contribution in [0.2, 0.25) is 0 Å². The standard InChI is InChI=1S/C6H12O2/c1-4-2-3-5(7)6(4)8/h4-8H,2-3H2,1H3/t4?,5?,6-/m0/s1. The van der Waals surface area contributed by atoms with Gasteiger partial charge in [0.2, 0.25) is 0 Å². The summed E-state index contributed by atoms with van der Waals surface area (Å²) < 4.78 is 0. The van der Waals surface area contributed by atoms with Crippen molar-refractivity contribution < 1.29 is 10.2 Å². The van der Waals surface area contributed by atoms with Crippen LogP contribution in [0.15, 0.2) is 0 Å². The zero-order valence-corrected chi connectivity index (χ0v) is 5.04. The van der Waals surface area contributed by atoms with E-state index in [0.29, 0.717) is 5.92 Å². The van der Waals surface area contributed by atoms with Crippen molar-refractivity contribution in [1.82, 2.24) is 0 Å². The van der Waals surface area contributed by atoms with E-state index in [1.165, 1.54) is 0 Å². The second kappa shape index (κ2) is 2.03.